The van der Waals surface area contributed by atoms with Crippen molar-refractivity contribution in [3.63, 3.8) is 0 Å². The highest BCUT2D eigenvalue weighted by atomic mass is 16.2. The number of nitrogens with one attached hydrogen (secondary N) is 1. The Bertz CT molecular complexity index is 769. The summed E-state index contributed by atoms with van der Waals surface area (Å²) in [5, 5.41) is 4.00. The SMILES string of the molecule is O=C(Cn1ccc2ccccc21)N1CCCC(N2CCNC2=O)C1. The summed E-state index contributed by atoms with van der Waals surface area (Å²) in [4.78, 5) is 28.4. The molecule has 0 bridgehead atoms. The zero-order valence-electron chi connectivity index (χ0n) is 13.6. The molecule has 2 saturated heterocycles. The van der Waals surface area contributed by atoms with E-state index < -0.39 is 0 Å². The number of benzene rings is 1. The van der Waals surface area contributed by atoms with Crippen molar-refractivity contribution in [3.05, 3.63) is 36.5 Å². The summed E-state index contributed by atoms with van der Waals surface area (Å²) in [7, 11) is 0. The second kappa shape index (κ2) is 6.19. The summed E-state index contributed by atoms with van der Waals surface area (Å²) in [5.74, 6) is 0.126. The Morgan fingerprint density at radius 2 is 2.08 bits per heavy atom. The Morgan fingerprint density at radius 3 is 2.92 bits per heavy atom. The molecule has 1 atom stereocenters. The van der Waals surface area contributed by atoms with Crippen LogP contribution in [0.15, 0.2) is 36.5 Å². The molecule has 1 N–H and O–H groups in total. The van der Waals surface area contributed by atoms with Crippen molar-refractivity contribution in [2.75, 3.05) is 26.2 Å². The van der Waals surface area contributed by atoms with Crippen molar-refractivity contribution < 1.29 is 9.59 Å². The van der Waals surface area contributed by atoms with Crippen LogP contribution < -0.4 is 5.32 Å². The second-order valence-electron chi connectivity index (χ2n) is 6.56. The maximum atomic E-state index is 12.7. The van der Waals surface area contributed by atoms with E-state index >= 15 is 0 Å². The molecule has 3 heterocycles. The van der Waals surface area contributed by atoms with Crippen LogP contribution in [0.3, 0.4) is 0 Å². The van der Waals surface area contributed by atoms with Crippen molar-refractivity contribution in [1.82, 2.24) is 19.7 Å². The van der Waals surface area contributed by atoms with Gasteiger partial charge in [-0.2, -0.15) is 0 Å². The molecular weight excluding hydrogens is 304 g/mol. The minimum atomic E-state index is 0.00528. The molecule has 0 saturated carbocycles. The van der Waals surface area contributed by atoms with Gasteiger partial charge in [0.1, 0.15) is 6.54 Å². The van der Waals surface area contributed by atoms with Crippen LogP contribution in [0.2, 0.25) is 0 Å². The van der Waals surface area contributed by atoms with Gasteiger partial charge in [-0.25, -0.2) is 4.79 Å². The number of hydrogen-bond acceptors (Lipinski definition) is 2. The fourth-order valence-electron chi connectivity index (χ4n) is 3.79. The fraction of sp³-hybridized carbons (Fsp3) is 0.444. The Morgan fingerprint density at radius 1 is 1.21 bits per heavy atom. The van der Waals surface area contributed by atoms with Gasteiger partial charge in [-0.15, -0.1) is 0 Å². The normalized spacial score (nSPS) is 21.3. The number of urea groups is 1. The number of piperidine rings is 1. The molecule has 1 aromatic heterocycles. The molecule has 126 valence electrons. The van der Waals surface area contributed by atoms with Crippen LogP contribution in [0.1, 0.15) is 12.8 Å². The first-order valence-electron chi connectivity index (χ1n) is 8.58. The molecule has 6 heteroatoms. The van der Waals surface area contributed by atoms with Gasteiger partial charge in [0.05, 0.1) is 6.04 Å². The first-order chi connectivity index (χ1) is 11.7. The third kappa shape index (κ3) is 2.72. The number of aromatic nitrogens is 1. The number of hydrogen-bond donors (Lipinski definition) is 1. The molecule has 6 nitrogen and oxygen atoms in total. The lowest BCUT2D eigenvalue weighted by Gasteiger charge is -2.37. The molecule has 4 rings (SSSR count). The predicted octanol–water partition coefficient (Wildman–Crippen LogP) is 1.66. The lowest BCUT2D eigenvalue weighted by atomic mass is 10.0. The van der Waals surface area contributed by atoms with Crippen LogP contribution in [0, 0.1) is 0 Å². The van der Waals surface area contributed by atoms with E-state index in [0.29, 0.717) is 19.6 Å². The van der Waals surface area contributed by atoms with Gasteiger partial charge in [0.15, 0.2) is 0 Å². The Labute approximate surface area is 141 Å². The molecule has 0 aliphatic carbocycles. The topological polar surface area (TPSA) is 57.6 Å². The van der Waals surface area contributed by atoms with Gasteiger partial charge in [-0.3, -0.25) is 4.79 Å². The predicted molar refractivity (Wildman–Crippen MR) is 91.6 cm³/mol. The molecule has 2 aromatic rings. The molecule has 2 aliphatic heterocycles. The van der Waals surface area contributed by atoms with Gasteiger partial charge < -0.3 is 19.7 Å². The van der Waals surface area contributed by atoms with Crippen LogP contribution >= 0.6 is 0 Å². The summed E-state index contributed by atoms with van der Waals surface area (Å²) in [6, 6.07) is 10.3. The van der Waals surface area contributed by atoms with Gasteiger partial charge in [-0.1, -0.05) is 18.2 Å². The number of carbonyl (C=O) groups is 2. The lowest BCUT2D eigenvalue weighted by Crippen LogP contribution is -2.51. The van der Waals surface area contributed by atoms with Crippen LogP contribution in [0.25, 0.3) is 10.9 Å². The number of likely N-dealkylation sites (tertiary alicyclic amines) is 1. The minimum Gasteiger partial charge on any atom is -0.339 e. The van der Waals surface area contributed by atoms with E-state index in [1.54, 1.807) is 0 Å². The van der Waals surface area contributed by atoms with Gasteiger partial charge in [0, 0.05) is 37.9 Å². The van der Waals surface area contributed by atoms with Crippen molar-refractivity contribution in [3.8, 4) is 0 Å². The number of fused-ring (bicyclic) bond motifs is 1. The highest BCUT2D eigenvalue weighted by Crippen LogP contribution is 2.19. The van der Waals surface area contributed by atoms with E-state index in [-0.39, 0.29) is 18.0 Å². The van der Waals surface area contributed by atoms with Crippen LogP contribution in [0.5, 0.6) is 0 Å². The van der Waals surface area contributed by atoms with Crippen LogP contribution in [-0.4, -0.2) is 58.5 Å². The standard InChI is InChI=1S/C18H22N4O2/c23-17(13-20-10-7-14-4-1-2-6-16(14)20)21-9-3-5-15(12-21)22-11-8-19-18(22)24/h1-2,4,6-7,10,15H,3,5,8-9,11-13H2,(H,19,24). The molecule has 3 amide bonds. The first-order valence-corrected chi connectivity index (χ1v) is 8.58. The number of rotatable bonds is 3. The van der Waals surface area contributed by atoms with Crippen LogP contribution in [0.4, 0.5) is 4.79 Å². The Balaban J connectivity index is 1.45. The highest BCUT2D eigenvalue weighted by Gasteiger charge is 2.32. The summed E-state index contributed by atoms with van der Waals surface area (Å²) in [6.45, 7) is 3.23. The van der Waals surface area contributed by atoms with Crippen LogP contribution in [-0.2, 0) is 11.3 Å². The van der Waals surface area contributed by atoms with Gasteiger partial charge in [0.2, 0.25) is 5.91 Å². The van der Waals surface area contributed by atoms with Crippen molar-refractivity contribution in [1.29, 1.82) is 0 Å². The van der Waals surface area contributed by atoms with Gasteiger partial charge >= 0.3 is 6.03 Å². The quantitative estimate of drug-likeness (QED) is 0.932. The maximum Gasteiger partial charge on any atom is 0.317 e. The van der Waals surface area contributed by atoms with Crippen molar-refractivity contribution in [2.24, 2.45) is 0 Å². The second-order valence-corrected chi connectivity index (χ2v) is 6.56. The summed E-state index contributed by atoms with van der Waals surface area (Å²) in [6.07, 6.45) is 3.90. The molecule has 2 aliphatic rings. The smallest absolute Gasteiger partial charge is 0.317 e. The fourth-order valence-corrected chi connectivity index (χ4v) is 3.79. The van der Waals surface area contributed by atoms with Gasteiger partial charge in [0.25, 0.3) is 0 Å². The molecule has 2 fully saturated rings. The van der Waals surface area contributed by atoms with Gasteiger partial charge in [-0.05, 0) is 30.4 Å². The van der Waals surface area contributed by atoms with E-state index in [9.17, 15) is 9.59 Å². The molecule has 1 unspecified atom stereocenters. The van der Waals surface area contributed by atoms with E-state index in [2.05, 4.69) is 11.4 Å². The summed E-state index contributed by atoms with van der Waals surface area (Å²) >= 11 is 0. The number of carbonyl (C=O) groups excluding carboxylic acids is 2. The average molecular weight is 326 g/mol. The zero-order chi connectivity index (χ0) is 16.5. The van der Waals surface area contributed by atoms with E-state index in [0.717, 1.165) is 36.8 Å². The summed E-state index contributed by atoms with van der Waals surface area (Å²) < 4.78 is 2.00. The monoisotopic (exact) mass is 326 g/mol. The number of para-hydroxylation sites is 1. The van der Waals surface area contributed by atoms with E-state index in [4.69, 9.17) is 0 Å². The average Bonchev–Trinajstić information content (AvgIpc) is 3.22. The summed E-state index contributed by atoms with van der Waals surface area (Å²) in [5.41, 5.74) is 1.08. The maximum absolute atomic E-state index is 12.7. The lowest BCUT2D eigenvalue weighted by molar-refractivity contribution is -0.133. The molecule has 0 spiro atoms. The molecular formula is C18H22N4O2. The highest BCUT2D eigenvalue weighted by molar-refractivity contribution is 5.83. The minimum absolute atomic E-state index is 0.00528. The van der Waals surface area contributed by atoms with Crippen molar-refractivity contribution in [2.45, 2.75) is 25.4 Å². The Kier molecular flexibility index (Phi) is 3.88. The largest absolute Gasteiger partial charge is 0.339 e. The van der Waals surface area contributed by atoms with Crippen molar-refractivity contribution >= 4 is 22.8 Å². The molecule has 1 aromatic carbocycles. The molecule has 0 radical (unpaired) electrons. The van der Waals surface area contributed by atoms with E-state index in [1.807, 2.05) is 44.8 Å². The first kappa shape index (κ1) is 15.1. The zero-order valence-corrected chi connectivity index (χ0v) is 13.6. The Hall–Kier alpha value is -2.50. The molecule has 24 heavy (non-hydrogen) atoms. The third-order valence-corrected chi connectivity index (χ3v) is 5.07. The van der Waals surface area contributed by atoms with E-state index in [1.165, 1.54) is 0 Å². The number of amides is 3. The number of nitrogens with zero attached hydrogens (tertiary/aromatic N) is 3. The third-order valence-electron chi connectivity index (χ3n) is 5.07.